The number of aromatic nitrogens is 1. The van der Waals surface area contributed by atoms with E-state index in [1.165, 1.54) is 16.6 Å². The highest BCUT2D eigenvalue weighted by Gasteiger charge is 2.27. The van der Waals surface area contributed by atoms with Crippen LogP contribution in [0.1, 0.15) is 5.56 Å². The molecule has 1 aromatic heterocycles. The number of hydrogen-bond donors (Lipinski definition) is 0. The topological polar surface area (TPSA) is 59.5 Å². The number of pyridine rings is 1. The lowest BCUT2D eigenvalue weighted by Gasteiger charge is -2.25. The molecule has 1 saturated heterocycles. The van der Waals surface area contributed by atoms with E-state index >= 15 is 0 Å². The molecule has 0 unspecified atom stereocenters. The summed E-state index contributed by atoms with van der Waals surface area (Å²) in [6.07, 6.45) is 1.49. The summed E-state index contributed by atoms with van der Waals surface area (Å²) in [5.74, 6) is 0.324. The molecule has 94 valence electrons. The minimum Gasteiger partial charge on any atom is -0.379 e. The lowest BCUT2D eigenvalue weighted by atomic mass is 10.3. The first-order valence-electron chi connectivity index (χ1n) is 5.23. The van der Waals surface area contributed by atoms with E-state index in [4.69, 9.17) is 16.3 Å². The number of alkyl halides is 1. The van der Waals surface area contributed by atoms with Crippen molar-refractivity contribution >= 4 is 21.6 Å². The highest BCUT2D eigenvalue weighted by atomic mass is 35.5. The molecule has 1 aliphatic rings. The van der Waals surface area contributed by atoms with Crippen molar-refractivity contribution in [1.82, 2.24) is 9.29 Å². The molecule has 0 amide bonds. The second-order valence-corrected chi connectivity index (χ2v) is 5.81. The van der Waals surface area contributed by atoms with Gasteiger partial charge in [-0.25, -0.2) is 13.4 Å². The second-order valence-electron chi connectivity index (χ2n) is 3.65. The molecule has 2 rings (SSSR count). The molecule has 2 heterocycles. The van der Waals surface area contributed by atoms with Crippen molar-refractivity contribution in [3.8, 4) is 0 Å². The first-order chi connectivity index (χ1) is 8.14. The zero-order chi connectivity index (χ0) is 12.3. The van der Waals surface area contributed by atoms with Gasteiger partial charge in [0.2, 0.25) is 0 Å². The molecule has 0 aliphatic carbocycles. The summed E-state index contributed by atoms with van der Waals surface area (Å²) in [7, 11) is -3.49. The Morgan fingerprint density at radius 1 is 1.35 bits per heavy atom. The highest BCUT2D eigenvalue weighted by molar-refractivity contribution is 7.89. The van der Waals surface area contributed by atoms with Crippen LogP contribution in [-0.4, -0.2) is 44.0 Å². The zero-order valence-corrected chi connectivity index (χ0v) is 10.7. The molecule has 17 heavy (non-hydrogen) atoms. The van der Waals surface area contributed by atoms with Gasteiger partial charge in [0.25, 0.3) is 10.0 Å². The van der Waals surface area contributed by atoms with E-state index in [1.807, 2.05) is 0 Å². The number of ether oxygens (including phenoxy) is 1. The molecule has 0 saturated carbocycles. The van der Waals surface area contributed by atoms with Gasteiger partial charge in [0, 0.05) is 25.2 Å². The van der Waals surface area contributed by atoms with Crippen molar-refractivity contribution < 1.29 is 13.2 Å². The van der Waals surface area contributed by atoms with E-state index in [0.29, 0.717) is 32.2 Å². The number of sulfonamides is 1. The van der Waals surface area contributed by atoms with Gasteiger partial charge in [-0.2, -0.15) is 4.31 Å². The Morgan fingerprint density at radius 2 is 2.06 bits per heavy atom. The van der Waals surface area contributed by atoms with Gasteiger partial charge in [-0.15, -0.1) is 11.6 Å². The van der Waals surface area contributed by atoms with Gasteiger partial charge in [0.1, 0.15) is 0 Å². The predicted molar refractivity (Wildman–Crippen MR) is 63.4 cm³/mol. The van der Waals surface area contributed by atoms with Crippen molar-refractivity contribution in [2.24, 2.45) is 0 Å². The third-order valence-corrected chi connectivity index (χ3v) is 4.65. The molecular formula is C10H13ClN2O3S. The number of morpholine rings is 1. The molecule has 0 N–H and O–H groups in total. The SMILES string of the molecule is O=S(=O)(c1ccc(CCl)cn1)N1CCOCC1. The summed E-state index contributed by atoms with van der Waals surface area (Å²) in [5, 5.41) is 0.0632. The van der Waals surface area contributed by atoms with Crippen LogP contribution < -0.4 is 0 Å². The van der Waals surface area contributed by atoms with Gasteiger partial charge in [-0.1, -0.05) is 6.07 Å². The molecule has 1 aliphatic heterocycles. The number of halogens is 1. The van der Waals surface area contributed by atoms with Crippen LogP contribution in [0.5, 0.6) is 0 Å². The van der Waals surface area contributed by atoms with E-state index in [1.54, 1.807) is 6.07 Å². The lowest BCUT2D eigenvalue weighted by molar-refractivity contribution is 0.0729. The van der Waals surface area contributed by atoms with Crippen molar-refractivity contribution in [3.63, 3.8) is 0 Å². The normalized spacial score (nSPS) is 18.2. The Kier molecular flexibility index (Phi) is 3.98. The average molecular weight is 277 g/mol. The molecule has 0 bridgehead atoms. The molecule has 7 heteroatoms. The number of nitrogens with zero attached hydrogens (tertiary/aromatic N) is 2. The molecule has 1 fully saturated rings. The molecule has 0 radical (unpaired) electrons. The van der Waals surface area contributed by atoms with Gasteiger partial charge in [0.05, 0.1) is 13.2 Å². The van der Waals surface area contributed by atoms with Crippen LogP contribution in [0.2, 0.25) is 0 Å². The van der Waals surface area contributed by atoms with Gasteiger partial charge in [0.15, 0.2) is 5.03 Å². The van der Waals surface area contributed by atoms with E-state index in [-0.39, 0.29) is 5.03 Å². The van der Waals surface area contributed by atoms with Gasteiger partial charge < -0.3 is 4.74 Å². The summed E-state index contributed by atoms with van der Waals surface area (Å²) in [6, 6.07) is 3.16. The molecule has 1 aromatic rings. The monoisotopic (exact) mass is 276 g/mol. The van der Waals surface area contributed by atoms with Crippen LogP contribution >= 0.6 is 11.6 Å². The maximum absolute atomic E-state index is 12.2. The largest absolute Gasteiger partial charge is 0.379 e. The summed E-state index contributed by atoms with van der Waals surface area (Å²) in [4.78, 5) is 3.94. The van der Waals surface area contributed by atoms with Crippen molar-refractivity contribution in [2.75, 3.05) is 26.3 Å². The zero-order valence-electron chi connectivity index (χ0n) is 9.17. The fourth-order valence-electron chi connectivity index (χ4n) is 1.56. The van der Waals surface area contributed by atoms with Crippen molar-refractivity contribution in [3.05, 3.63) is 23.9 Å². The van der Waals surface area contributed by atoms with Crippen molar-refractivity contribution in [2.45, 2.75) is 10.9 Å². The number of rotatable bonds is 3. The minimum atomic E-state index is -3.49. The van der Waals surface area contributed by atoms with Gasteiger partial charge >= 0.3 is 0 Å². The Morgan fingerprint density at radius 3 is 2.59 bits per heavy atom. The van der Waals surface area contributed by atoms with Crippen molar-refractivity contribution in [1.29, 1.82) is 0 Å². The van der Waals surface area contributed by atoms with Crippen LogP contribution in [0.25, 0.3) is 0 Å². The summed E-state index contributed by atoms with van der Waals surface area (Å²) in [6.45, 7) is 1.61. The molecule has 0 spiro atoms. The molecule has 0 aromatic carbocycles. The molecule has 5 nitrogen and oxygen atoms in total. The van der Waals surface area contributed by atoms with Crippen LogP contribution in [0.3, 0.4) is 0 Å². The second kappa shape index (κ2) is 5.30. The smallest absolute Gasteiger partial charge is 0.260 e. The Labute approximate surface area is 105 Å². The summed E-state index contributed by atoms with van der Waals surface area (Å²) in [5.41, 5.74) is 0.799. The first kappa shape index (κ1) is 12.8. The average Bonchev–Trinajstić information content (AvgIpc) is 2.40. The quantitative estimate of drug-likeness (QED) is 0.768. The standard InChI is InChI=1S/C10H13ClN2O3S/c11-7-9-1-2-10(12-8-9)17(14,15)13-3-5-16-6-4-13/h1-2,8H,3-7H2. The molecule has 0 atom stereocenters. The Hall–Kier alpha value is -0.690. The maximum Gasteiger partial charge on any atom is 0.260 e. The third kappa shape index (κ3) is 2.77. The van der Waals surface area contributed by atoms with Crippen LogP contribution in [-0.2, 0) is 20.6 Å². The van der Waals surface area contributed by atoms with Crippen LogP contribution in [0.15, 0.2) is 23.4 Å². The first-order valence-corrected chi connectivity index (χ1v) is 7.21. The van der Waals surface area contributed by atoms with Crippen LogP contribution in [0, 0.1) is 0 Å². The fourth-order valence-corrected chi connectivity index (χ4v) is 3.04. The molecular weight excluding hydrogens is 264 g/mol. The van der Waals surface area contributed by atoms with Gasteiger partial charge in [-0.3, -0.25) is 0 Å². The third-order valence-electron chi connectivity index (χ3n) is 2.53. The van der Waals surface area contributed by atoms with Gasteiger partial charge in [-0.05, 0) is 11.6 Å². The van der Waals surface area contributed by atoms with E-state index in [2.05, 4.69) is 4.98 Å². The highest BCUT2D eigenvalue weighted by Crippen LogP contribution is 2.15. The lowest BCUT2D eigenvalue weighted by Crippen LogP contribution is -2.40. The number of hydrogen-bond acceptors (Lipinski definition) is 4. The fraction of sp³-hybridized carbons (Fsp3) is 0.500. The predicted octanol–water partition coefficient (Wildman–Crippen LogP) is 0.841. The van der Waals surface area contributed by atoms with E-state index < -0.39 is 10.0 Å². The summed E-state index contributed by atoms with van der Waals surface area (Å²) >= 11 is 5.63. The Balaban J connectivity index is 2.23. The van der Waals surface area contributed by atoms with E-state index in [9.17, 15) is 8.42 Å². The van der Waals surface area contributed by atoms with E-state index in [0.717, 1.165) is 5.56 Å². The van der Waals surface area contributed by atoms with Crippen LogP contribution in [0.4, 0.5) is 0 Å². The minimum absolute atomic E-state index is 0.0632. The Bertz CT molecular complexity index is 469. The maximum atomic E-state index is 12.2. The summed E-state index contributed by atoms with van der Waals surface area (Å²) < 4.78 is 30.8.